The molecule has 0 spiro atoms. The van der Waals surface area contributed by atoms with Crippen molar-refractivity contribution in [2.45, 2.75) is 26.3 Å². The van der Waals surface area contributed by atoms with Crippen LogP contribution in [-0.4, -0.2) is 28.0 Å². The summed E-state index contributed by atoms with van der Waals surface area (Å²) < 4.78 is 0. The lowest BCUT2D eigenvalue weighted by Crippen LogP contribution is -2.43. The topological polar surface area (TPSA) is 23.6 Å². The quantitative estimate of drug-likeness (QED) is 0.777. The highest BCUT2D eigenvalue weighted by atomic mass is 35.5. The van der Waals surface area contributed by atoms with E-state index in [2.05, 4.69) is 0 Å². The molecule has 0 atom stereocenters. The first-order valence-corrected chi connectivity index (χ1v) is 7.09. The van der Waals surface area contributed by atoms with Gasteiger partial charge in [-0.25, -0.2) is 0 Å². The van der Waals surface area contributed by atoms with E-state index in [0.717, 1.165) is 0 Å². The molecule has 1 saturated heterocycles. The van der Waals surface area contributed by atoms with Gasteiger partial charge in [0.25, 0.3) is 5.91 Å². The van der Waals surface area contributed by atoms with Gasteiger partial charge < -0.3 is 4.90 Å². The molecule has 1 aromatic carbocycles. The number of rotatable bonds is 2. The van der Waals surface area contributed by atoms with Crippen molar-refractivity contribution in [3.05, 3.63) is 28.2 Å². The Hall–Kier alpha value is -0.840. The summed E-state index contributed by atoms with van der Waals surface area (Å²) in [6.45, 7) is 6.29. The van der Waals surface area contributed by atoms with Gasteiger partial charge in [-0.1, -0.05) is 29.3 Å². The molecule has 1 aliphatic rings. The third-order valence-electron chi connectivity index (χ3n) is 3.30. The number of benzene rings is 1. The Kier molecular flexibility index (Phi) is 3.78. The molecule has 102 valence electrons. The molecule has 3 nitrogen and oxygen atoms in total. The van der Waals surface area contributed by atoms with Gasteiger partial charge in [0.15, 0.2) is 5.11 Å². The van der Waals surface area contributed by atoms with Crippen LogP contribution in [-0.2, 0) is 4.79 Å². The van der Waals surface area contributed by atoms with Crippen molar-refractivity contribution in [3.63, 3.8) is 0 Å². The van der Waals surface area contributed by atoms with Crippen LogP contribution in [0.25, 0.3) is 0 Å². The first-order chi connectivity index (χ1) is 8.82. The van der Waals surface area contributed by atoms with Crippen molar-refractivity contribution in [2.24, 2.45) is 0 Å². The molecule has 0 saturated carbocycles. The molecule has 19 heavy (non-hydrogen) atoms. The van der Waals surface area contributed by atoms with Crippen LogP contribution in [0.5, 0.6) is 0 Å². The smallest absolute Gasteiger partial charge is 0.258 e. The largest absolute Gasteiger partial charge is 0.335 e. The highest BCUT2D eigenvalue weighted by Gasteiger charge is 2.49. The molecule has 1 amide bonds. The second kappa shape index (κ2) is 4.93. The maximum absolute atomic E-state index is 12.6. The second-order valence-electron chi connectivity index (χ2n) is 4.80. The predicted molar refractivity (Wildman–Crippen MR) is 83.0 cm³/mol. The summed E-state index contributed by atoms with van der Waals surface area (Å²) in [4.78, 5) is 15.9. The Labute approximate surface area is 128 Å². The molecule has 6 heteroatoms. The highest BCUT2D eigenvalue weighted by molar-refractivity contribution is 7.80. The highest BCUT2D eigenvalue weighted by Crippen LogP contribution is 2.39. The molecule has 0 aliphatic carbocycles. The number of carbonyl (C=O) groups excluding carboxylic acids is 1. The molecule has 0 unspecified atom stereocenters. The van der Waals surface area contributed by atoms with Gasteiger partial charge >= 0.3 is 0 Å². The Bertz CT molecular complexity index is 539. The van der Waals surface area contributed by atoms with Crippen LogP contribution in [0.4, 0.5) is 5.69 Å². The molecule has 0 radical (unpaired) electrons. The van der Waals surface area contributed by atoms with Gasteiger partial charge in [0.05, 0.1) is 15.7 Å². The summed E-state index contributed by atoms with van der Waals surface area (Å²) in [6, 6.07) is 5.13. The minimum atomic E-state index is -0.686. The van der Waals surface area contributed by atoms with Crippen molar-refractivity contribution in [3.8, 4) is 0 Å². The summed E-state index contributed by atoms with van der Waals surface area (Å²) in [5, 5.41) is 1.27. The SMILES string of the molecule is CCN1C(=S)N(c2c(Cl)cccc2Cl)C(=O)C1(C)C. The van der Waals surface area contributed by atoms with Crippen molar-refractivity contribution in [2.75, 3.05) is 11.4 Å². The van der Waals surface area contributed by atoms with Gasteiger partial charge in [-0.2, -0.15) is 0 Å². The third-order valence-corrected chi connectivity index (χ3v) is 4.31. The number of anilines is 1. The van der Waals surface area contributed by atoms with E-state index in [-0.39, 0.29) is 5.91 Å². The van der Waals surface area contributed by atoms with Gasteiger partial charge in [-0.05, 0) is 45.1 Å². The molecular weight excluding hydrogens is 303 g/mol. The van der Waals surface area contributed by atoms with E-state index in [4.69, 9.17) is 35.4 Å². The van der Waals surface area contributed by atoms with Gasteiger partial charge in [0, 0.05) is 6.54 Å². The van der Waals surface area contributed by atoms with Crippen LogP contribution >= 0.6 is 35.4 Å². The number of nitrogens with zero attached hydrogens (tertiary/aromatic N) is 2. The van der Waals surface area contributed by atoms with Crippen LogP contribution in [0, 0.1) is 0 Å². The Morgan fingerprint density at radius 1 is 1.26 bits per heavy atom. The normalized spacial score (nSPS) is 18.4. The number of para-hydroxylation sites is 1. The minimum absolute atomic E-state index is 0.116. The zero-order chi connectivity index (χ0) is 14.4. The van der Waals surface area contributed by atoms with E-state index in [9.17, 15) is 4.79 Å². The predicted octanol–water partition coefficient (Wildman–Crippen LogP) is 3.73. The zero-order valence-corrected chi connectivity index (χ0v) is 13.2. The molecule has 0 bridgehead atoms. The van der Waals surface area contributed by atoms with E-state index in [1.807, 2.05) is 25.7 Å². The van der Waals surface area contributed by atoms with E-state index in [1.54, 1.807) is 18.2 Å². The fourth-order valence-corrected chi connectivity index (χ4v) is 3.36. The van der Waals surface area contributed by atoms with Crippen molar-refractivity contribution in [1.82, 2.24) is 4.90 Å². The number of likely N-dealkylation sites (N-methyl/N-ethyl adjacent to an activating group) is 1. The molecule has 2 rings (SSSR count). The van der Waals surface area contributed by atoms with Crippen molar-refractivity contribution in [1.29, 1.82) is 0 Å². The first kappa shape index (κ1) is 14.6. The van der Waals surface area contributed by atoms with E-state index in [1.165, 1.54) is 4.90 Å². The summed E-state index contributed by atoms with van der Waals surface area (Å²) in [5.74, 6) is -0.116. The zero-order valence-electron chi connectivity index (χ0n) is 10.9. The van der Waals surface area contributed by atoms with Crippen molar-refractivity contribution < 1.29 is 4.79 Å². The lowest BCUT2D eigenvalue weighted by atomic mass is 10.0. The van der Waals surface area contributed by atoms with Gasteiger partial charge in [-0.3, -0.25) is 9.69 Å². The van der Waals surface area contributed by atoms with Crippen LogP contribution in [0.1, 0.15) is 20.8 Å². The monoisotopic (exact) mass is 316 g/mol. The lowest BCUT2D eigenvalue weighted by molar-refractivity contribution is -0.123. The van der Waals surface area contributed by atoms with E-state index < -0.39 is 5.54 Å². The number of thiocarbonyl (C=S) groups is 1. The van der Waals surface area contributed by atoms with E-state index in [0.29, 0.717) is 27.4 Å². The molecule has 1 aliphatic heterocycles. The molecule has 1 heterocycles. The average molecular weight is 317 g/mol. The fraction of sp³-hybridized carbons (Fsp3) is 0.385. The standard InChI is InChI=1S/C13H14Cl2N2OS/c1-4-16-12(19)17(11(18)13(16,2)3)10-8(14)6-5-7-9(10)15/h5-7H,4H2,1-3H3. The Morgan fingerprint density at radius 2 is 1.79 bits per heavy atom. The van der Waals surface area contributed by atoms with Gasteiger partial charge in [0.2, 0.25) is 0 Å². The Balaban J connectivity index is 2.58. The van der Waals surface area contributed by atoms with Gasteiger partial charge in [-0.15, -0.1) is 0 Å². The molecule has 0 N–H and O–H groups in total. The maximum Gasteiger partial charge on any atom is 0.258 e. The number of carbonyl (C=O) groups is 1. The average Bonchev–Trinajstić information content (AvgIpc) is 2.48. The number of amides is 1. The second-order valence-corrected chi connectivity index (χ2v) is 5.98. The molecule has 0 aromatic heterocycles. The Morgan fingerprint density at radius 3 is 2.21 bits per heavy atom. The maximum atomic E-state index is 12.6. The number of hydrogen-bond acceptors (Lipinski definition) is 2. The van der Waals surface area contributed by atoms with Crippen LogP contribution < -0.4 is 4.90 Å². The van der Waals surface area contributed by atoms with Gasteiger partial charge in [0.1, 0.15) is 5.54 Å². The summed E-state index contributed by atoms with van der Waals surface area (Å²) in [6.07, 6.45) is 0. The summed E-state index contributed by atoms with van der Waals surface area (Å²) >= 11 is 17.7. The van der Waals surface area contributed by atoms with Crippen molar-refractivity contribution >= 4 is 52.1 Å². The fourth-order valence-electron chi connectivity index (χ4n) is 2.27. The molecular formula is C13H14Cl2N2OS. The molecule has 1 aromatic rings. The van der Waals surface area contributed by atoms with Crippen LogP contribution in [0.3, 0.4) is 0 Å². The summed E-state index contributed by atoms with van der Waals surface area (Å²) in [7, 11) is 0. The summed E-state index contributed by atoms with van der Waals surface area (Å²) in [5.41, 5.74) is -0.223. The van der Waals surface area contributed by atoms with Crippen LogP contribution in [0.15, 0.2) is 18.2 Å². The number of halogens is 2. The first-order valence-electron chi connectivity index (χ1n) is 5.92. The van der Waals surface area contributed by atoms with Crippen LogP contribution in [0.2, 0.25) is 10.0 Å². The molecule has 1 fully saturated rings. The third kappa shape index (κ3) is 2.12. The van der Waals surface area contributed by atoms with E-state index >= 15 is 0 Å². The number of hydrogen-bond donors (Lipinski definition) is 0. The minimum Gasteiger partial charge on any atom is -0.335 e. The lowest BCUT2D eigenvalue weighted by Gasteiger charge is -2.27.